The van der Waals surface area contributed by atoms with E-state index in [1.165, 1.54) is 0 Å². The van der Waals surface area contributed by atoms with Crippen LogP contribution in [-0.4, -0.2) is 50.0 Å². The average Bonchev–Trinajstić information content (AvgIpc) is 3.12. The quantitative estimate of drug-likeness (QED) is 0.616. The molecule has 2 unspecified atom stereocenters. The van der Waals surface area contributed by atoms with Gasteiger partial charge >= 0.3 is 11.9 Å². The fourth-order valence-electron chi connectivity index (χ4n) is 3.44. The Bertz CT molecular complexity index is 880. The summed E-state index contributed by atoms with van der Waals surface area (Å²) in [4.78, 5) is 34.8. The van der Waals surface area contributed by atoms with Crippen LogP contribution in [0.3, 0.4) is 0 Å². The van der Waals surface area contributed by atoms with Crippen LogP contribution in [0.15, 0.2) is 36.4 Å². The lowest BCUT2D eigenvalue weighted by molar-refractivity contribution is -0.124. The molecule has 1 amide bonds. The molecular weight excluding hydrogens is 378 g/mol. The smallest absolute Gasteiger partial charge is 0.356 e. The normalized spacial score (nSPS) is 18.9. The van der Waals surface area contributed by atoms with Crippen LogP contribution < -0.4 is 5.32 Å². The Morgan fingerprint density at radius 3 is 2.52 bits per heavy atom. The largest absolute Gasteiger partial charge is 0.477 e. The van der Waals surface area contributed by atoms with Crippen molar-refractivity contribution in [2.24, 2.45) is 0 Å². The average molecular weight is 401 g/mol. The zero-order valence-corrected chi connectivity index (χ0v) is 15.8. The molecule has 1 heterocycles. The molecule has 1 fully saturated rings. The van der Waals surface area contributed by atoms with Crippen LogP contribution in [0.25, 0.3) is 0 Å². The van der Waals surface area contributed by atoms with Gasteiger partial charge in [0.1, 0.15) is 12.2 Å². The molecule has 1 saturated carbocycles. The summed E-state index contributed by atoms with van der Waals surface area (Å²) in [5.74, 6) is -3.14. The molecule has 3 N–H and O–H groups in total. The van der Waals surface area contributed by atoms with Gasteiger partial charge in [-0.05, 0) is 18.4 Å². The molecule has 0 spiro atoms. The highest BCUT2D eigenvalue weighted by Crippen LogP contribution is 2.22. The first-order chi connectivity index (χ1) is 13.9. The third-order valence-corrected chi connectivity index (χ3v) is 4.87. The van der Waals surface area contributed by atoms with Crippen molar-refractivity contribution < 1.29 is 29.3 Å². The predicted octanol–water partition coefficient (Wildman–Crippen LogP) is 1.92. The second-order valence-corrected chi connectivity index (χ2v) is 6.98. The zero-order chi connectivity index (χ0) is 20.8. The number of carbonyl (C=O) groups is 3. The summed E-state index contributed by atoms with van der Waals surface area (Å²) in [7, 11) is 0. The molecule has 0 bridgehead atoms. The van der Waals surface area contributed by atoms with E-state index in [0.717, 1.165) is 42.0 Å². The monoisotopic (exact) mass is 401 g/mol. The van der Waals surface area contributed by atoms with E-state index in [1.54, 1.807) is 0 Å². The number of hydrogen-bond acceptors (Lipinski definition) is 5. The Kier molecular flexibility index (Phi) is 6.61. The van der Waals surface area contributed by atoms with E-state index in [-0.39, 0.29) is 24.4 Å². The van der Waals surface area contributed by atoms with Crippen molar-refractivity contribution in [2.45, 2.75) is 51.0 Å². The summed E-state index contributed by atoms with van der Waals surface area (Å²) in [5, 5.41) is 24.8. The van der Waals surface area contributed by atoms with E-state index in [2.05, 4.69) is 10.4 Å². The predicted molar refractivity (Wildman–Crippen MR) is 102 cm³/mol. The number of carbonyl (C=O) groups excluding carboxylic acids is 1. The van der Waals surface area contributed by atoms with Gasteiger partial charge in [-0.2, -0.15) is 5.10 Å². The first kappa shape index (κ1) is 20.5. The Morgan fingerprint density at radius 1 is 1.10 bits per heavy atom. The number of nitrogens with zero attached hydrogens (tertiary/aromatic N) is 2. The fourth-order valence-corrected chi connectivity index (χ4v) is 3.44. The van der Waals surface area contributed by atoms with Crippen LogP contribution >= 0.6 is 0 Å². The number of aromatic carboxylic acids is 2. The van der Waals surface area contributed by atoms with Crippen LogP contribution in [0.1, 0.15) is 52.2 Å². The minimum Gasteiger partial charge on any atom is -0.477 e. The molecule has 1 aliphatic rings. The van der Waals surface area contributed by atoms with Crippen LogP contribution in [0, 0.1) is 0 Å². The molecule has 29 heavy (non-hydrogen) atoms. The fraction of sp³-hybridized carbons (Fsp3) is 0.400. The van der Waals surface area contributed by atoms with Crippen LogP contribution in [-0.2, 0) is 22.7 Å². The Labute approximate surface area is 167 Å². The summed E-state index contributed by atoms with van der Waals surface area (Å²) in [5.41, 5.74) is 0.280. The van der Waals surface area contributed by atoms with Gasteiger partial charge in [0, 0.05) is 6.07 Å². The molecule has 9 heteroatoms. The molecule has 1 aromatic heterocycles. The third-order valence-electron chi connectivity index (χ3n) is 4.87. The number of rotatable bonds is 8. The number of carboxylic acid groups (broad SMARTS) is 2. The lowest BCUT2D eigenvalue weighted by atomic mass is 9.92. The number of aromatic nitrogens is 2. The van der Waals surface area contributed by atoms with Crippen molar-refractivity contribution in [3.8, 4) is 0 Å². The van der Waals surface area contributed by atoms with E-state index in [1.807, 2.05) is 30.3 Å². The molecule has 9 nitrogen and oxygen atoms in total. The zero-order valence-electron chi connectivity index (χ0n) is 15.8. The van der Waals surface area contributed by atoms with Crippen LogP contribution in [0.2, 0.25) is 0 Å². The Hall–Kier alpha value is -3.20. The summed E-state index contributed by atoms with van der Waals surface area (Å²) in [6, 6.07) is 10.5. The first-order valence-electron chi connectivity index (χ1n) is 9.43. The number of benzene rings is 1. The Balaban J connectivity index is 1.62. The highest BCUT2D eigenvalue weighted by molar-refractivity contribution is 5.92. The Morgan fingerprint density at radius 2 is 1.83 bits per heavy atom. The summed E-state index contributed by atoms with van der Waals surface area (Å²) < 4.78 is 6.91. The topological polar surface area (TPSA) is 131 Å². The molecule has 3 rings (SSSR count). The molecule has 0 saturated heterocycles. The minimum absolute atomic E-state index is 0.140. The van der Waals surface area contributed by atoms with Crippen molar-refractivity contribution in [3.63, 3.8) is 0 Å². The highest BCUT2D eigenvalue weighted by Gasteiger charge is 2.28. The van der Waals surface area contributed by atoms with Crippen molar-refractivity contribution in [1.29, 1.82) is 0 Å². The van der Waals surface area contributed by atoms with E-state index in [0.29, 0.717) is 6.61 Å². The lowest BCUT2D eigenvalue weighted by Gasteiger charge is -2.32. The van der Waals surface area contributed by atoms with Crippen molar-refractivity contribution >= 4 is 17.8 Å². The van der Waals surface area contributed by atoms with Crippen molar-refractivity contribution in [3.05, 3.63) is 53.3 Å². The molecule has 0 aliphatic heterocycles. The van der Waals surface area contributed by atoms with Crippen LogP contribution in [0.4, 0.5) is 0 Å². The van der Waals surface area contributed by atoms with Crippen LogP contribution in [0.5, 0.6) is 0 Å². The molecule has 2 aromatic rings. The summed E-state index contributed by atoms with van der Waals surface area (Å²) in [6.07, 6.45) is 3.41. The van der Waals surface area contributed by atoms with E-state index in [9.17, 15) is 19.5 Å². The van der Waals surface area contributed by atoms with Gasteiger partial charge in [-0.25, -0.2) is 14.3 Å². The van der Waals surface area contributed by atoms with Gasteiger partial charge in [0.05, 0.1) is 18.8 Å². The van der Waals surface area contributed by atoms with E-state index < -0.39 is 23.5 Å². The second-order valence-electron chi connectivity index (χ2n) is 6.98. The van der Waals surface area contributed by atoms with Gasteiger partial charge in [-0.1, -0.05) is 43.2 Å². The highest BCUT2D eigenvalue weighted by atomic mass is 16.5. The van der Waals surface area contributed by atoms with Gasteiger partial charge in [0.25, 0.3) is 0 Å². The number of nitrogens with one attached hydrogen (secondary N) is 1. The van der Waals surface area contributed by atoms with Gasteiger partial charge in [-0.3, -0.25) is 4.79 Å². The van der Waals surface area contributed by atoms with Gasteiger partial charge in [0.15, 0.2) is 5.69 Å². The molecule has 1 aromatic carbocycles. The maximum absolute atomic E-state index is 12.5. The number of amides is 1. The number of ether oxygens (including phenoxy) is 1. The van der Waals surface area contributed by atoms with E-state index >= 15 is 0 Å². The van der Waals surface area contributed by atoms with Crippen molar-refractivity contribution in [1.82, 2.24) is 15.1 Å². The molecular formula is C20H23N3O6. The van der Waals surface area contributed by atoms with Crippen molar-refractivity contribution in [2.75, 3.05) is 0 Å². The minimum atomic E-state index is -1.35. The molecule has 2 atom stereocenters. The molecule has 154 valence electrons. The van der Waals surface area contributed by atoms with Gasteiger partial charge in [-0.15, -0.1) is 0 Å². The van der Waals surface area contributed by atoms with Gasteiger partial charge in [0.2, 0.25) is 5.91 Å². The maximum atomic E-state index is 12.5. The van der Waals surface area contributed by atoms with Gasteiger partial charge < -0.3 is 20.3 Å². The third kappa shape index (κ3) is 5.41. The summed E-state index contributed by atoms with van der Waals surface area (Å²) in [6.45, 7) is 0.0684. The SMILES string of the molecule is O=C(Cn1nc(C(=O)O)cc1C(=O)O)NC1CCCCC1OCc1ccccc1. The van der Waals surface area contributed by atoms with E-state index in [4.69, 9.17) is 9.84 Å². The second kappa shape index (κ2) is 9.33. The lowest BCUT2D eigenvalue weighted by Crippen LogP contribution is -2.47. The molecule has 0 radical (unpaired) electrons. The number of hydrogen-bond donors (Lipinski definition) is 3. The summed E-state index contributed by atoms with van der Waals surface area (Å²) >= 11 is 0. The maximum Gasteiger partial charge on any atom is 0.356 e. The first-order valence-corrected chi connectivity index (χ1v) is 9.43. The number of carboxylic acids is 2. The standard InChI is InChI=1S/C20H23N3O6/c24-18(11-23-16(20(27)28)10-15(22-23)19(25)26)21-14-8-4-5-9-17(14)29-12-13-6-2-1-3-7-13/h1-3,6-7,10,14,17H,4-5,8-9,11-12H2,(H,21,24)(H,25,26)(H,27,28). The molecule has 1 aliphatic carbocycles.